The highest BCUT2D eigenvalue weighted by Crippen LogP contribution is 2.39. The van der Waals surface area contributed by atoms with Gasteiger partial charge in [0, 0.05) is 39.0 Å². The lowest BCUT2D eigenvalue weighted by Gasteiger charge is -2.45. The summed E-state index contributed by atoms with van der Waals surface area (Å²) in [6, 6.07) is 8.64. The van der Waals surface area contributed by atoms with Crippen LogP contribution in [-0.2, 0) is 47.6 Å². The van der Waals surface area contributed by atoms with Gasteiger partial charge in [-0.2, -0.15) is 5.26 Å². The first-order chi connectivity index (χ1) is 21.7. The third kappa shape index (κ3) is 7.88. The van der Waals surface area contributed by atoms with Crippen LogP contribution in [0.2, 0.25) is 0 Å². The third-order valence-electron chi connectivity index (χ3n) is 6.85. The van der Waals surface area contributed by atoms with Crippen molar-refractivity contribution in [1.29, 1.82) is 5.26 Å². The summed E-state index contributed by atoms with van der Waals surface area (Å²) in [5, 5.41) is 10.4. The molecule has 0 N–H and O–H groups in total. The molecule has 2 heterocycles. The summed E-state index contributed by atoms with van der Waals surface area (Å²) in [4.78, 5) is 62.2. The average Bonchev–Trinajstić information content (AvgIpc) is 2.98. The van der Waals surface area contributed by atoms with Crippen LogP contribution in [0.4, 0.5) is 0 Å². The first kappa shape index (κ1) is 35.7. The molecule has 14 nitrogen and oxygen atoms in total. The number of nitriles is 1. The summed E-state index contributed by atoms with van der Waals surface area (Å²) < 4.78 is 39.8. The minimum atomic E-state index is -1.54. The molecule has 1 fully saturated rings. The lowest BCUT2D eigenvalue weighted by molar-refractivity contribution is -0.269. The summed E-state index contributed by atoms with van der Waals surface area (Å²) in [5.74, 6) is -3.42. The molecule has 2 aromatic rings. The zero-order valence-electron chi connectivity index (χ0n) is 26.3. The van der Waals surface area contributed by atoms with E-state index in [2.05, 4.69) is 6.07 Å². The van der Waals surface area contributed by atoms with Crippen molar-refractivity contribution in [2.75, 3.05) is 20.3 Å². The fraction of sp³-hybridized carbons (Fsp3) is 0.452. The molecule has 46 heavy (non-hydrogen) atoms. The maximum absolute atomic E-state index is 13.6. The second kappa shape index (κ2) is 15.5. The number of methoxy groups -OCH3 is 1. The predicted molar refractivity (Wildman–Crippen MR) is 160 cm³/mol. The number of hydrogen-bond acceptors (Lipinski definition) is 14. The number of hydrogen-bond donors (Lipinski definition) is 0. The van der Waals surface area contributed by atoms with Crippen molar-refractivity contribution in [2.45, 2.75) is 72.2 Å². The van der Waals surface area contributed by atoms with Crippen molar-refractivity contribution in [2.24, 2.45) is 0 Å². The van der Waals surface area contributed by atoms with Crippen LogP contribution in [0, 0.1) is 22.9 Å². The Morgan fingerprint density at radius 1 is 0.891 bits per heavy atom. The molecule has 15 heteroatoms. The van der Waals surface area contributed by atoms with Gasteiger partial charge in [-0.3, -0.25) is 19.2 Å². The Hall–Kier alpha value is -4.81. The topological polar surface area (TPSA) is 179 Å². The van der Waals surface area contributed by atoms with E-state index < -0.39 is 67.1 Å². The van der Waals surface area contributed by atoms with Gasteiger partial charge in [0.2, 0.25) is 0 Å². The van der Waals surface area contributed by atoms with Crippen LogP contribution >= 0.6 is 12.2 Å². The summed E-state index contributed by atoms with van der Waals surface area (Å²) in [7, 11) is 1.49. The number of pyridine rings is 1. The lowest BCUT2D eigenvalue weighted by atomic mass is 9.93. The van der Waals surface area contributed by atoms with E-state index in [1.807, 2.05) is 0 Å². The van der Waals surface area contributed by atoms with Gasteiger partial charge in [0.05, 0.1) is 24.8 Å². The van der Waals surface area contributed by atoms with E-state index in [1.165, 1.54) is 18.6 Å². The quantitative estimate of drug-likeness (QED) is 0.206. The summed E-state index contributed by atoms with van der Waals surface area (Å²) in [6.07, 6.45) is -7.28. The van der Waals surface area contributed by atoms with Gasteiger partial charge in [-0.25, -0.2) is 4.79 Å². The average molecular weight is 659 g/mol. The Labute approximate surface area is 270 Å². The van der Waals surface area contributed by atoms with Crippen molar-refractivity contribution in [3.8, 4) is 22.9 Å². The molecule has 3 rings (SSSR count). The predicted octanol–water partition coefficient (Wildman–Crippen LogP) is 3.51. The fourth-order valence-corrected chi connectivity index (χ4v) is 5.52. The highest BCUT2D eigenvalue weighted by atomic mass is 32.1. The molecule has 1 aromatic carbocycles. The fourth-order valence-electron chi connectivity index (χ4n) is 5.13. The number of nitrogens with zero attached hydrogens (tertiary/aromatic N) is 2. The molecule has 0 saturated carbocycles. The zero-order valence-corrected chi connectivity index (χ0v) is 27.1. The Morgan fingerprint density at radius 2 is 1.46 bits per heavy atom. The van der Waals surface area contributed by atoms with Gasteiger partial charge >= 0.3 is 29.8 Å². The van der Waals surface area contributed by atoms with Gasteiger partial charge in [-0.05, 0) is 31.5 Å². The van der Waals surface area contributed by atoms with Gasteiger partial charge in [0.15, 0.2) is 24.5 Å². The maximum atomic E-state index is 13.6. The molecule has 1 aromatic heterocycles. The Balaban J connectivity index is 2.42. The molecule has 0 unspecified atom stereocenters. The molecule has 1 saturated heterocycles. The molecule has 0 aliphatic carbocycles. The monoisotopic (exact) mass is 658 g/mol. The number of ether oxygens (including phenoxy) is 7. The first-order valence-corrected chi connectivity index (χ1v) is 14.5. The number of carbonyl (C=O) groups is 5. The minimum absolute atomic E-state index is 0.00308. The second-order valence-electron chi connectivity index (χ2n) is 10.0. The van der Waals surface area contributed by atoms with Crippen molar-refractivity contribution in [1.82, 2.24) is 4.57 Å². The van der Waals surface area contributed by atoms with Gasteiger partial charge < -0.3 is 37.7 Å². The van der Waals surface area contributed by atoms with E-state index in [0.717, 1.165) is 27.7 Å². The maximum Gasteiger partial charge on any atom is 0.340 e. The number of benzene rings is 1. The zero-order chi connectivity index (χ0) is 34.3. The van der Waals surface area contributed by atoms with Crippen LogP contribution in [0.5, 0.6) is 5.75 Å². The molecule has 0 radical (unpaired) electrons. The second-order valence-corrected chi connectivity index (χ2v) is 10.4. The number of carbonyl (C=O) groups excluding carboxylic acids is 5. The molecule has 246 valence electrons. The van der Waals surface area contributed by atoms with E-state index in [-0.39, 0.29) is 33.6 Å². The third-order valence-corrected chi connectivity index (χ3v) is 7.25. The number of esters is 5. The molecule has 0 bridgehead atoms. The standard InChI is InChI=1S/C31H34N2O12S/c1-8-40-31(38)24-15(2)33(30(46)22(13-32)25(24)20-9-11-21(39-7)12-10-20)29-28(44-19(6)37)27(43-18(5)36)26(42-17(4)35)23(45-29)14-41-16(3)34/h9-12,23,26-29H,8,14H2,1-7H3/t23-,26+,27+,28+,29-/m0/s1. The number of rotatable bonds is 10. The Kier molecular flexibility index (Phi) is 12.0. The van der Waals surface area contributed by atoms with E-state index >= 15 is 0 Å². The van der Waals surface area contributed by atoms with E-state index in [1.54, 1.807) is 31.2 Å². The highest BCUT2D eigenvalue weighted by molar-refractivity contribution is 7.71. The molecule has 0 spiro atoms. The highest BCUT2D eigenvalue weighted by Gasteiger charge is 2.53. The summed E-state index contributed by atoms with van der Waals surface area (Å²) in [5.41, 5.74) is 0.581. The molecule has 5 atom stereocenters. The van der Waals surface area contributed by atoms with Gasteiger partial charge in [0.1, 0.15) is 29.2 Å². The van der Waals surface area contributed by atoms with E-state index in [4.69, 9.17) is 45.4 Å². The molecular formula is C31H34N2O12S. The van der Waals surface area contributed by atoms with Gasteiger partial charge in [0.25, 0.3) is 0 Å². The lowest BCUT2D eigenvalue weighted by Crippen LogP contribution is -2.60. The van der Waals surface area contributed by atoms with Crippen LogP contribution in [0.3, 0.4) is 0 Å². The van der Waals surface area contributed by atoms with Crippen molar-refractivity contribution >= 4 is 42.1 Å². The minimum Gasteiger partial charge on any atom is -0.497 e. The molecular weight excluding hydrogens is 624 g/mol. The summed E-state index contributed by atoms with van der Waals surface area (Å²) in [6.45, 7) is 7.08. The Morgan fingerprint density at radius 3 is 1.96 bits per heavy atom. The normalized spacial score (nSPS) is 20.4. The molecule has 1 aliphatic heterocycles. The van der Waals surface area contributed by atoms with Crippen molar-refractivity contribution in [3.05, 3.63) is 45.7 Å². The van der Waals surface area contributed by atoms with Crippen LogP contribution in [0.25, 0.3) is 11.1 Å². The van der Waals surface area contributed by atoms with Crippen molar-refractivity contribution < 1.29 is 57.1 Å². The van der Waals surface area contributed by atoms with Crippen LogP contribution in [0.15, 0.2) is 24.3 Å². The summed E-state index contributed by atoms with van der Waals surface area (Å²) >= 11 is 5.81. The van der Waals surface area contributed by atoms with Crippen LogP contribution in [-0.4, -0.2) is 79.2 Å². The van der Waals surface area contributed by atoms with Gasteiger partial charge in [-0.1, -0.05) is 24.4 Å². The Bertz CT molecular complexity index is 1610. The van der Waals surface area contributed by atoms with Crippen LogP contribution < -0.4 is 4.74 Å². The molecule has 1 aliphatic rings. The van der Waals surface area contributed by atoms with E-state index in [9.17, 15) is 29.2 Å². The van der Waals surface area contributed by atoms with Gasteiger partial charge in [-0.15, -0.1) is 0 Å². The SMILES string of the molecule is CCOC(=O)c1c(-c2ccc(OC)cc2)c(C#N)c(=S)n([C@H]2O[C@@H](COC(C)=O)[C@@H](OC(C)=O)[C@@H](OC(C)=O)[C@H]2OC(C)=O)c1C. The smallest absolute Gasteiger partial charge is 0.340 e. The van der Waals surface area contributed by atoms with Crippen LogP contribution in [0.1, 0.15) is 62.5 Å². The van der Waals surface area contributed by atoms with Crippen molar-refractivity contribution in [3.63, 3.8) is 0 Å². The van der Waals surface area contributed by atoms with E-state index in [0.29, 0.717) is 11.3 Å². The molecule has 0 amide bonds. The number of aromatic nitrogens is 1. The largest absolute Gasteiger partial charge is 0.497 e. The first-order valence-electron chi connectivity index (χ1n) is 14.1.